The standard InChI is InChI=1S/C15H15N5O2/c1-11-13(10-18-22-11)15(21)17-7-9-20-8-4-14(19-20)12-2-5-16-6-3-12/h2-6,8,10H,7,9H2,1H3,(H,17,21). The number of hydrogen-bond donors (Lipinski definition) is 1. The zero-order valence-electron chi connectivity index (χ0n) is 12.1. The number of pyridine rings is 1. The molecule has 0 aliphatic rings. The molecule has 0 spiro atoms. The van der Waals surface area contributed by atoms with Crippen molar-refractivity contribution < 1.29 is 9.32 Å². The topological polar surface area (TPSA) is 85.8 Å². The van der Waals surface area contributed by atoms with Gasteiger partial charge in [0.15, 0.2) is 0 Å². The van der Waals surface area contributed by atoms with Gasteiger partial charge in [0.05, 0.1) is 18.4 Å². The Hall–Kier alpha value is -2.96. The molecule has 1 N–H and O–H groups in total. The summed E-state index contributed by atoms with van der Waals surface area (Å²) >= 11 is 0. The van der Waals surface area contributed by atoms with Gasteiger partial charge in [-0.2, -0.15) is 5.10 Å². The molecular weight excluding hydrogens is 282 g/mol. The van der Waals surface area contributed by atoms with E-state index in [0.29, 0.717) is 24.4 Å². The lowest BCUT2D eigenvalue weighted by Crippen LogP contribution is -2.27. The average Bonchev–Trinajstić information content (AvgIpc) is 3.17. The zero-order chi connectivity index (χ0) is 15.4. The molecule has 112 valence electrons. The van der Waals surface area contributed by atoms with E-state index < -0.39 is 0 Å². The maximum Gasteiger partial charge on any atom is 0.256 e. The highest BCUT2D eigenvalue weighted by Crippen LogP contribution is 2.14. The summed E-state index contributed by atoms with van der Waals surface area (Å²) < 4.78 is 6.66. The number of rotatable bonds is 5. The fourth-order valence-corrected chi connectivity index (χ4v) is 2.06. The van der Waals surface area contributed by atoms with Crippen molar-refractivity contribution in [1.29, 1.82) is 0 Å². The van der Waals surface area contributed by atoms with Crippen LogP contribution in [-0.2, 0) is 6.54 Å². The van der Waals surface area contributed by atoms with Crippen molar-refractivity contribution in [3.63, 3.8) is 0 Å². The summed E-state index contributed by atoms with van der Waals surface area (Å²) in [5, 5.41) is 10.9. The fourth-order valence-electron chi connectivity index (χ4n) is 2.06. The largest absolute Gasteiger partial charge is 0.361 e. The first kappa shape index (κ1) is 14.0. The molecule has 0 aliphatic carbocycles. The lowest BCUT2D eigenvalue weighted by Gasteiger charge is -2.04. The molecule has 3 aromatic rings. The van der Waals surface area contributed by atoms with Gasteiger partial charge in [-0.15, -0.1) is 0 Å². The molecule has 0 radical (unpaired) electrons. The summed E-state index contributed by atoms with van der Waals surface area (Å²) in [7, 11) is 0. The Morgan fingerprint density at radius 2 is 2.14 bits per heavy atom. The van der Waals surface area contributed by atoms with Crippen LogP contribution in [0.5, 0.6) is 0 Å². The highest BCUT2D eigenvalue weighted by molar-refractivity contribution is 5.94. The quantitative estimate of drug-likeness (QED) is 0.774. The summed E-state index contributed by atoms with van der Waals surface area (Å²) in [6, 6.07) is 5.74. The lowest BCUT2D eigenvalue weighted by atomic mass is 10.2. The van der Waals surface area contributed by atoms with Crippen molar-refractivity contribution in [2.75, 3.05) is 6.54 Å². The van der Waals surface area contributed by atoms with Gasteiger partial charge in [-0.25, -0.2) is 0 Å². The molecule has 3 rings (SSSR count). The predicted molar refractivity (Wildman–Crippen MR) is 79.0 cm³/mol. The molecule has 0 aliphatic heterocycles. The summed E-state index contributed by atoms with van der Waals surface area (Å²) in [4.78, 5) is 15.9. The number of carbonyl (C=O) groups excluding carboxylic acids is 1. The number of hydrogen-bond acceptors (Lipinski definition) is 5. The van der Waals surface area contributed by atoms with E-state index in [1.54, 1.807) is 24.0 Å². The van der Waals surface area contributed by atoms with Crippen LogP contribution in [0.25, 0.3) is 11.3 Å². The Bertz CT molecular complexity index is 763. The van der Waals surface area contributed by atoms with Gasteiger partial charge < -0.3 is 9.84 Å². The Kier molecular flexibility index (Phi) is 3.95. The first-order chi connectivity index (χ1) is 10.7. The second kappa shape index (κ2) is 6.21. The van der Waals surface area contributed by atoms with Crippen molar-refractivity contribution in [1.82, 2.24) is 25.2 Å². The molecule has 22 heavy (non-hydrogen) atoms. The maximum absolute atomic E-state index is 11.9. The maximum atomic E-state index is 11.9. The van der Waals surface area contributed by atoms with Gasteiger partial charge in [-0.3, -0.25) is 14.5 Å². The van der Waals surface area contributed by atoms with Crippen molar-refractivity contribution >= 4 is 5.91 Å². The predicted octanol–water partition coefficient (Wildman–Crippen LogP) is 1.67. The number of aryl methyl sites for hydroxylation is 1. The first-order valence-electron chi connectivity index (χ1n) is 6.87. The van der Waals surface area contributed by atoms with Crippen LogP contribution >= 0.6 is 0 Å². The van der Waals surface area contributed by atoms with Gasteiger partial charge >= 0.3 is 0 Å². The Morgan fingerprint density at radius 3 is 2.86 bits per heavy atom. The highest BCUT2D eigenvalue weighted by Gasteiger charge is 2.12. The number of amides is 1. The van der Waals surface area contributed by atoms with Gasteiger partial charge in [-0.05, 0) is 25.1 Å². The molecule has 0 aromatic carbocycles. The molecule has 0 fully saturated rings. The Balaban J connectivity index is 1.56. The van der Waals surface area contributed by atoms with Crippen molar-refractivity contribution in [3.05, 3.63) is 54.3 Å². The van der Waals surface area contributed by atoms with Gasteiger partial charge in [0.25, 0.3) is 5.91 Å². The van der Waals surface area contributed by atoms with E-state index in [2.05, 4.69) is 20.6 Å². The monoisotopic (exact) mass is 297 g/mol. The van der Waals surface area contributed by atoms with E-state index in [9.17, 15) is 4.79 Å². The molecule has 7 heteroatoms. The Morgan fingerprint density at radius 1 is 1.32 bits per heavy atom. The molecule has 0 saturated heterocycles. The lowest BCUT2D eigenvalue weighted by molar-refractivity contribution is 0.0950. The van der Waals surface area contributed by atoms with Gasteiger partial charge in [-0.1, -0.05) is 5.16 Å². The zero-order valence-corrected chi connectivity index (χ0v) is 12.1. The molecule has 3 aromatic heterocycles. The van der Waals surface area contributed by atoms with Crippen LogP contribution in [-0.4, -0.2) is 32.4 Å². The second-order valence-corrected chi connectivity index (χ2v) is 4.75. The molecular formula is C15H15N5O2. The molecule has 0 bridgehead atoms. The summed E-state index contributed by atoms with van der Waals surface area (Å²) in [6.45, 7) is 2.76. The van der Waals surface area contributed by atoms with E-state index in [1.807, 2.05) is 24.4 Å². The average molecular weight is 297 g/mol. The van der Waals surface area contributed by atoms with Gasteiger partial charge in [0.1, 0.15) is 11.3 Å². The van der Waals surface area contributed by atoms with E-state index in [1.165, 1.54) is 6.20 Å². The van der Waals surface area contributed by atoms with E-state index in [4.69, 9.17) is 4.52 Å². The molecule has 7 nitrogen and oxygen atoms in total. The van der Waals surface area contributed by atoms with Crippen LogP contribution in [0.4, 0.5) is 0 Å². The minimum Gasteiger partial charge on any atom is -0.361 e. The van der Waals surface area contributed by atoms with Crippen LogP contribution in [0.3, 0.4) is 0 Å². The van der Waals surface area contributed by atoms with Crippen LogP contribution in [0.15, 0.2) is 47.5 Å². The Labute approximate surface area is 127 Å². The number of aromatic nitrogens is 4. The summed E-state index contributed by atoms with van der Waals surface area (Å²) in [5.74, 6) is 0.317. The summed E-state index contributed by atoms with van der Waals surface area (Å²) in [5.41, 5.74) is 2.35. The molecule has 0 saturated carbocycles. The van der Waals surface area contributed by atoms with Crippen LogP contribution in [0.1, 0.15) is 16.1 Å². The molecule has 1 amide bonds. The first-order valence-corrected chi connectivity index (χ1v) is 6.87. The van der Waals surface area contributed by atoms with Crippen LogP contribution < -0.4 is 5.32 Å². The van der Waals surface area contributed by atoms with E-state index in [-0.39, 0.29) is 5.91 Å². The third kappa shape index (κ3) is 3.03. The smallest absolute Gasteiger partial charge is 0.256 e. The number of nitrogens with one attached hydrogen (secondary N) is 1. The fraction of sp³-hybridized carbons (Fsp3) is 0.200. The SMILES string of the molecule is Cc1oncc1C(=O)NCCn1ccc(-c2ccncc2)n1. The van der Waals surface area contributed by atoms with Gasteiger partial charge in [0.2, 0.25) is 0 Å². The number of nitrogens with zero attached hydrogens (tertiary/aromatic N) is 4. The highest BCUT2D eigenvalue weighted by atomic mass is 16.5. The normalized spacial score (nSPS) is 10.6. The molecule has 0 atom stereocenters. The minimum atomic E-state index is -0.194. The molecule has 3 heterocycles. The van der Waals surface area contributed by atoms with Crippen LogP contribution in [0, 0.1) is 6.92 Å². The van der Waals surface area contributed by atoms with Gasteiger partial charge in [0, 0.05) is 30.7 Å². The van der Waals surface area contributed by atoms with Crippen molar-refractivity contribution in [2.45, 2.75) is 13.5 Å². The van der Waals surface area contributed by atoms with E-state index in [0.717, 1.165) is 11.3 Å². The number of carbonyl (C=O) groups is 1. The van der Waals surface area contributed by atoms with Crippen molar-refractivity contribution in [3.8, 4) is 11.3 Å². The summed E-state index contributed by atoms with van der Waals surface area (Å²) in [6.07, 6.45) is 6.76. The van der Waals surface area contributed by atoms with E-state index >= 15 is 0 Å². The molecule has 0 unspecified atom stereocenters. The second-order valence-electron chi connectivity index (χ2n) is 4.75. The minimum absolute atomic E-state index is 0.194. The third-order valence-electron chi connectivity index (χ3n) is 3.24. The third-order valence-corrected chi connectivity index (χ3v) is 3.24. The van der Waals surface area contributed by atoms with Crippen LogP contribution in [0.2, 0.25) is 0 Å². The van der Waals surface area contributed by atoms with Crippen molar-refractivity contribution in [2.24, 2.45) is 0 Å².